The van der Waals surface area contributed by atoms with Gasteiger partial charge in [0.15, 0.2) is 0 Å². The lowest BCUT2D eigenvalue weighted by atomic mass is 10.2. The molecule has 2 aromatic carbocycles. The average molecular weight is 453 g/mol. The lowest BCUT2D eigenvalue weighted by Crippen LogP contribution is -2.28. The van der Waals surface area contributed by atoms with E-state index in [4.69, 9.17) is 11.6 Å². The van der Waals surface area contributed by atoms with Gasteiger partial charge in [0.25, 0.3) is 0 Å². The molecular weight excluding hydrogens is 437 g/mol. The van der Waals surface area contributed by atoms with Crippen molar-refractivity contribution in [3.63, 3.8) is 0 Å². The fourth-order valence-corrected chi connectivity index (χ4v) is 3.30. The second-order valence-electron chi connectivity index (χ2n) is 6.09. The maximum atomic E-state index is 12.8. The highest BCUT2D eigenvalue weighted by Crippen LogP contribution is 2.35. The number of hydrogen-bond acceptors (Lipinski definition) is 4. The number of benzene rings is 2. The number of hydrogen-bond donors (Lipinski definition) is 3. The third-order valence-electron chi connectivity index (χ3n) is 3.88. The molecule has 0 saturated carbocycles. The van der Waals surface area contributed by atoms with E-state index in [0.717, 1.165) is 29.6 Å². The van der Waals surface area contributed by atoms with E-state index in [1.165, 1.54) is 6.07 Å². The Morgan fingerprint density at radius 3 is 2.37 bits per heavy atom. The summed E-state index contributed by atoms with van der Waals surface area (Å²) in [6.45, 7) is 0.309. The van der Waals surface area contributed by atoms with Crippen LogP contribution in [0.15, 0.2) is 71.9 Å². The SMILES string of the molecule is O=C(NCc1ccc(NSc2cc(C(F)(F)F)ccc2Cl)cc1)Nc1ccncc1. The Bertz CT molecular complexity index is 1000. The first-order valence-electron chi connectivity index (χ1n) is 8.65. The molecule has 1 heterocycles. The standard InChI is InChI=1S/C20H16ClF3N4OS/c21-17-6-3-14(20(22,23)24)11-18(17)30-28-16-4-1-13(2-5-16)12-26-19(29)27-15-7-9-25-10-8-15/h1-11,28H,12H2,(H2,25,26,27,29). The van der Waals surface area contributed by atoms with Gasteiger partial charge < -0.3 is 15.4 Å². The number of amides is 2. The summed E-state index contributed by atoms with van der Waals surface area (Å²) >= 11 is 6.98. The molecule has 0 saturated heterocycles. The fraction of sp³-hybridized carbons (Fsp3) is 0.100. The molecule has 1 aromatic heterocycles. The number of pyridine rings is 1. The molecule has 5 nitrogen and oxygen atoms in total. The van der Waals surface area contributed by atoms with Crippen molar-refractivity contribution in [2.45, 2.75) is 17.6 Å². The van der Waals surface area contributed by atoms with Crippen LogP contribution in [0, 0.1) is 0 Å². The van der Waals surface area contributed by atoms with Crippen LogP contribution in [0.1, 0.15) is 11.1 Å². The van der Waals surface area contributed by atoms with Crippen molar-refractivity contribution >= 4 is 41.0 Å². The van der Waals surface area contributed by atoms with Gasteiger partial charge in [-0.1, -0.05) is 23.7 Å². The van der Waals surface area contributed by atoms with Crippen LogP contribution in [0.25, 0.3) is 0 Å². The Hall–Kier alpha value is -2.91. The summed E-state index contributed by atoms with van der Waals surface area (Å²) in [5, 5.41) is 5.64. The van der Waals surface area contributed by atoms with Crippen LogP contribution in [0.2, 0.25) is 5.02 Å². The molecule has 0 bridgehead atoms. The quantitative estimate of drug-likeness (QED) is 0.390. The number of rotatable bonds is 6. The van der Waals surface area contributed by atoms with Crippen LogP contribution < -0.4 is 15.4 Å². The Morgan fingerprint density at radius 1 is 1.00 bits per heavy atom. The zero-order chi connectivity index (χ0) is 21.6. The summed E-state index contributed by atoms with van der Waals surface area (Å²) in [5.41, 5.74) is 1.40. The van der Waals surface area contributed by atoms with E-state index in [1.807, 2.05) is 0 Å². The van der Waals surface area contributed by atoms with Gasteiger partial charge in [-0.15, -0.1) is 0 Å². The first-order chi connectivity index (χ1) is 14.3. The van der Waals surface area contributed by atoms with Crippen LogP contribution in [-0.2, 0) is 12.7 Å². The van der Waals surface area contributed by atoms with Gasteiger partial charge in [-0.2, -0.15) is 13.2 Å². The second-order valence-corrected chi connectivity index (χ2v) is 7.34. The highest BCUT2D eigenvalue weighted by molar-refractivity contribution is 8.00. The summed E-state index contributed by atoms with van der Waals surface area (Å²) in [6, 6.07) is 13.3. The Labute approximate surface area is 180 Å². The summed E-state index contributed by atoms with van der Waals surface area (Å²) < 4.78 is 41.5. The Kier molecular flexibility index (Phi) is 7.07. The van der Waals surface area contributed by atoms with Gasteiger partial charge in [-0.05, 0) is 60.0 Å². The number of urea groups is 1. The molecule has 30 heavy (non-hydrogen) atoms. The van der Waals surface area contributed by atoms with Crippen LogP contribution in [0.5, 0.6) is 0 Å². The average Bonchev–Trinajstić information content (AvgIpc) is 2.72. The van der Waals surface area contributed by atoms with Crippen LogP contribution in [0.4, 0.5) is 29.3 Å². The Morgan fingerprint density at radius 2 is 1.70 bits per heavy atom. The van der Waals surface area contributed by atoms with Crippen LogP contribution >= 0.6 is 23.5 Å². The number of carbonyl (C=O) groups is 1. The summed E-state index contributed by atoms with van der Waals surface area (Å²) in [7, 11) is 0. The van der Waals surface area contributed by atoms with Gasteiger partial charge >= 0.3 is 12.2 Å². The predicted molar refractivity (Wildman–Crippen MR) is 112 cm³/mol. The largest absolute Gasteiger partial charge is 0.416 e. The summed E-state index contributed by atoms with van der Waals surface area (Å²) in [4.78, 5) is 16.0. The van der Waals surface area contributed by atoms with Crippen molar-refractivity contribution in [2.75, 3.05) is 10.0 Å². The molecule has 0 aliphatic heterocycles. The van der Waals surface area contributed by atoms with Gasteiger partial charge in [0.1, 0.15) is 0 Å². The van der Waals surface area contributed by atoms with E-state index in [1.54, 1.807) is 48.8 Å². The number of nitrogens with one attached hydrogen (secondary N) is 3. The number of aromatic nitrogens is 1. The highest BCUT2D eigenvalue weighted by Gasteiger charge is 2.31. The number of anilines is 2. The molecule has 0 radical (unpaired) electrons. The van der Waals surface area contributed by atoms with Gasteiger partial charge in [-0.3, -0.25) is 4.98 Å². The van der Waals surface area contributed by atoms with E-state index >= 15 is 0 Å². The van der Waals surface area contributed by atoms with E-state index in [-0.39, 0.29) is 15.9 Å². The molecule has 3 N–H and O–H groups in total. The highest BCUT2D eigenvalue weighted by atomic mass is 35.5. The minimum absolute atomic E-state index is 0.224. The minimum atomic E-state index is -4.43. The van der Waals surface area contributed by atoms with E-state index in [2.05, 4.69) is 20.3 Å². The molecule has 0 atom stereocenters. The van der Waals surface area contributed by atoms with E-state index < -0.39 is 11.7 Å². The Balaban J connectivity index is 1.52. The van der Waals surface area contributed by atoms with Crippen molar-refractivity contribution in [3.05, 3.63) is 83.1 Å². The molecule has 3 rings (SSSR count). The molecular formula is C20H16ClF3N4OS. The molecule has 2 amide bonds. The molecule has 3 aromatic rings. The maximum absolute atomic E-state index is 12.8. The van der Waals surface area contributed by atoms with Crippen LogP contribution in [-0.4, -0.2) is 11.0 Å². The first kappa shape index (κ1) is 21.8. The number of carbonyl (C=O) groups excluding carboxylic acids is 1. The van der Waals surface area contributed by atoms with Crippen molar-refractivity contribution in [1.29, 1.82) is 0 Å². The third kappa shape index (κ3) is 6.30. The number of halogens is 4. The van der Waals surface area contributed by atoms with Gasteiger partial charge in [0, 0.05) is 35.2 Å². The van der Waals surface area contributed by atoms with Crippen LogP contribution in [0.3, 0.4) is 0 Å². The lowest BCUT2D eigenvalue weighted by molar-refractivity contribution is -0.137. The molecule has 0 aliphatic rings. The van der Waals surface area contributed by atoms with Gasteiger partial charge in [-0.25, -0.2) is 4.79 Å². The first-order valence-corrected chi connectivity index (χ1v) is 9.84. The monoisotopic (exact) mass is 452 g/mol. The third-order valence-corrected chi connectivity index (χ3v) is 5.22. The summed E-state index contributed by atoms with van der Waals surface area (Å²) in [6.07, 6.45) is -1.28. The molecule has 156 valence electrons. The van der Waals surface area contributed by atoms with Crippen molar-refractivity contribution in [3.8, 4) is 0 Å². The molecule has 0 fully saturated rings. The fourth-order valence-electron chi connectivity index (χ4n) is 2.36. The van der Waals surface area contributed by atoms with Gasteiger partial charge in [0.05, 0.1) is 10.6 Å². The van der Waals surface area contributed by atoms with E-state index in [0.29, 0.717) is 17.9 Å². The zero-order valence-electron chi connectivity index (χ0n) is 15.3. The number of nitrogens with zero attached hydrogens (tertiary/aromatic N) is 1. The van der Waals surface area contributed by atoms with E-state index in [9.17, 15) is 18.0 Å². The zero-order valence-corrected chi connectivity index (χ0v) is 16.9. The second kappa shape index (κ2) is 9.73. The molecule has 0 aliphatic carbocycles. The van der Waals surface area contributed by atoms with Gasteiger partial charge in [0.2, 0.25) is 0 Å². The molecule has 0 spiro atoms. The van der Waals surface area contributed by atoms with Crippen molar-refractivity contribution < 1.29 is 18.0 Å². The summed E-state index contributed by atoms with van der Waals surface area (Å²) in [5.74, 6) is 0. The smallest absolute Gasteiger partial charge is 0.334 e. The topological polar surface area (TPSA) is 66.1 Å². The normalized spacial score (nSPS) is 11.1. The predicted octanol–water partition coefficient (Wildman–Crippen LogP) is 6.19. The molecule has 0 unspecified atom stereocenters. The minimum Gasteiger partial charge on any atom is -0.334 e. The molecule has 10 heteroatoms. The van der Waals surface area contributed by atoms with Crippen molar-refractivity contribution in [1.82, 2.24) is 10.3 Å². The van der Waals surface area contributed by atoms with Crippen molar-refractivity contribution in [2.24, 2.45) is 0 Å². The maximum Gasteiger partial charge on any atom is 0.416 e. The number of alkyl halides is 3. The lowest BCUT2D eigenvalue weighted by Gasteiger charge is -2.12.